The highest BCUT2D eigenvalue weighted by atomic mass is 16.5. The predicted octanol–water partition coefficient (Wildman–Crippen LogP) is 2.13. The molecule has 1 N–H and O–H groups in total. The molecule has 1 aliphatic heterocycles. The van der Waals surface area contributed by atoms with Crippen LogP contribution in [0.5, 0.6) is 5.75 Å². The van der Waals surface area contributed by atoms with Gasteiger partial charge in [-0.25, -0.2) is 0 Å². The third-order valence-corrected chi connectivity index (χ3v) is 5.36. The predicted molar refractivity (Wildman–Crippen MR) is 99.8 cm³/mol. The number of amides is 1. The normalized spacial score (nSPS) is 25.5. The van der Waals surface area contributed by atoms with Gasteiger partial charge in [0.25, 0.3) is 0 Å². The molecule has 1 aromatic carbocycles. The largest absolute Gasteiger partial charge is 0.488 e. The number of benzene rings is 1. The summed E-state index contributed by atoms with van der Waals surface area (Å²) in [5.41, 5.74) is 0. The molecule has 5 nitrogen and oxygen atoms in total. The second kappa shape index (κ2) is 9.20. The fourth-order valence-corrected chi connectivity index (χ4v) is 3.80. The van der Waals surface area contributed by atoms with Gasteiger partial charge in [0.2, 0.25) is 5.91 Å². The van der Waals surface area contributed by atoms with Crippen molar-refractivity contribution in [1.29, 1.82) is 0 Å². The topological polar surface area (TPSA) is 44.8 Å². The van der Waals surface area contributed by atoms with Crippen molar-refractivity contribution in [2.45, 2.75) is 44.8 Å². The van der Waals surface area contributed by atoms with Gasteiger partial charge >= 0.3 is 0 Å². The molecule has 1 saturated carbocycles. The third kappa shape index (κ3) is 5.44. The van der Waals surface area contributed by atoms with Crippen LogP contribution in [0, 0.1) is 0 Å². The van der Waals surface area contributed by atoms with Crippen molar-refractivity contribution in [3.63, 3.8) is 0 Å². The van der Waals surface area contributed by atoms with E-state index in [1.165, 1.54) is 6.42 Å². The summed E-state index contributed by atoms with van der Waals surface area (Å²) >= 11 is 0. The van der Waals surface area contributed by atoms with Crippen LogP contribution in [0.4, 0.5) is 0 Å². The first-order valence-corrected chi connectivity index (χ1v) is 9.70. The summed E-state index contributed by atoms with van der Waals surface area (Å²) in [6.45, 7) is 7.89. The highest BCUT2D eigenvalue weighted by Crippen LogP contribution is 2.23. The van der Waals surface area contributed by atoms with E-state index in [4.69, 9.17) is 4.74 Å². The molecule has 0 aromatic heterocycles. The van der Waals surface area contributed by atoms with Gasteiger partial charge in [0.1, 0.15) is 11.9 Å². The van der Waals surface area contributed by atoms with E-state index in [0.717, 1.165) is 57.7 Å². The van der Waals surface area contributed by atoms with E-state index in [2.05, 4.69) is 22.0 Å². The first kappa shape index (κ1) is 18.2. The van der Waals surface area contributed by atoms with Crippen LogP contribution >= 0.6 is 0 Å². The van der Waals surface area contributed by atoms with Crippen molar-refractivity contribution in [2.24, 2.45) is 0 Å². The lowest BCUT2D eigenvalue weighted by Gasteiger charge is -2.35. The zero-order valence-corrected chi connectivity index (χ0v) is 15.3. The summed E-state index contributed by atoms with van der Waals surface area (Å²) in [6.07, 6.45) is 4.43. The number of hydrogen-bond acceptors (Lipinski definition) is 4. The molecule has 5 heteroatoms. The Kier molecular flexibility index (Phi) is 6.70. The quantitative estimate of drug-likeness (QED) is 0.858. The van der Waals surface area contributed by atoms with Gasteiger partial charge in [-0.3, -0.25) is 9.69 Å². The zero-order chi connectivity index (χ0) is 17.5. The molecule has 1 amide bonds. The minimum Gasteiger partial charge on any atom is -0.488 e. The molecule has 2 atom stereocenters. The Bertz CT molecular complexity index is 529. The molecule has 3 rings (SSSR count). The van der Waals surface area contributed by atoms with Crippen LogP contribution in [0.1, 0.15) is 32.6 Å². The number of nitrogens with zero attached hydrogens (tertiary/aromatic N) is 2. The Hall–Kier alpha value is -1.59. The van der Waals surface area contributed by atoms with Gasteiger partial charge in [-0.15, -0.1) is 0 Å². The average molecular weight is 345 g/mol. The summed E-state index contributed by atoms with van der Waals surface area (Å²) < 4.78 is 6.15. The van der Waals surface area contributed by atoms with Crippen LogP contribution in [-0.4, -0.2) is 67.1 Å². The van der Waals surface area contributed by atoms with Gasteiger partial charge in [0, 0.05) is 26.2 Å². The Morgan fingerprint density at radius 1 is 1.08 bits per heavy atom. The van der Waals surface area contributed by atoms with Gasteiger partial charge in [-0.1, -0.05) is 31.5 Å². The molecular weight excluding hydrogens is 314 g/mol. The van der Waals surface area contributed by atoms with Crippen LogP contribution in [-0.2, 0) is 4.79 Å². The van der Waals surface area contributed by atoms with E-state index in [-0.39, 0.29) is 18.1 Å². The second-order valence-corrected chi connectivity index (χ2v) is 7.14. The molecule has 0 bridgehead atoms. The summed E-state index contributed by atoms with van der Waals surface area (Å²) in [7, 11) is 0. The van der Waals surface area contributed by atoms with E-state index in [1.54, 1.807) is 0 Å². The first-order valence-electron chi connectivity index (χ1n) is 9.70. The first-order chi connectivity index (χ1) is 12.2. The lowest BCUT2D eigenvalue weighted by molar-refractivity contribution is -0.124. The maximum atomic E-state index is 12.5. The number of carbonyl (C=O) groups excluding carboxylic acids is 1. The number of ether oxygens (including phenoxy) is 1. The Labute approximate surface area is 151 Å². The monoisotopic (exact) mass is 345 g/mol. The van der Waals surface area contributed by atoms with Crippen molar-refractivity contribution in [3.8, 4) is 5.75 Å². The van der Waals surface area contributed by atoms with Crippen molar-refractivity contribution in [3.05, 3.63) is 30.3 Å². The maximum absolute atomic E-state index is 12.5. The summed E-state index contributed by atoms with van der Waals surface area (Å²) in [4.78, 5) is 17.2. The van der Waals surface area contributed by atoms with Crippen molar-refractivity contribution in [2.75, 3.05) is 39.3 Å². The molecule has 2 fully saturated rings. The van der Waals surface area contributed by atoms with Gasteiger partial charge in [0.05, 0.1) is 12.6 Å². The number of nitrogens with one attached hydrogen (secondary N) is 1. The highest BCUT2D eigenvalue weighted by molar-refractivity contribution is 5.78. The molecule has 0 radical (unpaired) electrons. The van der Waals surface area contributed by atoms with E-state index in [9.17, 15) is 4.79 Å². The molecule has 25 heavy (non-hydrogen) atoms. The average Bonchev–Trinajstić information content (AvgIpc) is 2.65. The van der Waals surface area contributed by atoms with Gasteiger partial charge in [-0.05, 0) is 37.9 Å². The molecule has 0 spiro atoms. The summed E-state index contributed by atoms with van der Waals surface area (Å²) in [5, 5.41) is 3.24. The molecule has 2 aliphatic rings. The van der Waals surface area contributed by atoms with Crippen molar-refractivity contribution < 1.29 is 9.53 Å². The number of hydrogen-bond donors (Lipinski definition) is 1. The second-order valence-electron chi connectivity index (χ2n) is 7.14. The molecule has 138 valence electrons. The van der Waals surface area contributed by atoms with Crippen LogP contribution in [0.25, 0.3) is 0 Å². The molecule has 1 heterocycles. The fraction of sp³-hybridized carbons (Fsp3) is 0.650. The Morgan fingerprint density at radius 3 is 2.48 bits per heavy atom. The maximum Gasteiger partial charge on any atom is 0.234 e. The Balaban J connectivity index is 1.48. The third-order valence-electron chi connectivity index (χ3n) is 5.36. The minimum absolute atomic E-state index is 0.0806. The lowest BCUT2D eigenvalue weighted by atomic mass is 9.92. The smallest absolute Gasteiger partial charge is 0.234 e. The lowest BCUT2D eigenvalue weighted by Crippen LogP contribution is -2.53. The number of carbonyl (C=O) groups is 1. The van der Waals surface area contributed by atoms with E-state index in [0.29, 0.717) is 6.54 Å². The molecule has 1 aromatic rings. The number of piperazine rings is 1. The van der Waals surface area contributed by atoms with Gasteiger partial charge in [0.15, 0.2) is 0 Å². The molecule has 1 aliphatic carbocycles. The number of likely N-dealkylation sites (N-methyl/N-ethyl adjacent to an activating group) is 1. The Morgan fingerprint density at radius 2 is 1.76 bits per heavy atom. The van der Waals surface area contributed by atoms with Crippen LogP contribution in [0.2, 0.25) is 0 Å². The summed E-state index contributed by atoms with van der Waals surface area (Å²) in [5.74, 6) is 1.03. The van der Waals surface area contributed by atoms with E-state index >= 15 is 0 Å². The SMILES string of the molecule is CCN1CCN(CC(=O)N[C@H]2CCCC[C@@H]2Oc2ccccc2)CC1. The van der Waals surface area contributed by atoms with E-state index in [1.807, 2.05) is 30.3 Å². The van der Waals surface area contributed by atoms with Gasteiger partial charge < -0.3 is 15.0 Å². The molecule has 1 saturated heterocycles. The van der Waals surface area contributed by atoms with Gasteiger partial charge in [-0.2, -0.15) is 0 Å². The van der Waals surface area contributed by atoms with Crippen LogP contribution < -0.4 is 10.1 Å². The van der Waals surface area contributed by atoms with Crippen LogP contribution in [0.3, 0.4) is 0 Å². The molecular formula is C20H31N3O2. The molecule has 0 unspecified atom stereocenters. The standard InChI is InChI=1S/C20H31N3O2/c1-2-22-12-14-23(15-13-22)16-20(24)21-18-10-6-7-11-19(18)25-17-8-4-3-5-9-17/h3-5,8-9,18-19H,2,6-7,10-16H2,1H3,(H,21,24)/t18-,19-/m0/s1. The fourth-order valence-electron chi connectivity index (χ4n) is 3.80. The number of rotatable bonds is 6. The van der Waals surface area contributed by atoms with Crippen molar-refractivity contribution in [1.82, 2.24) is 15.1 Å². The minimum atomic E-state index is 0.0806. The number of para-hydroxylation sites is 1. The van der Waals surface area contributed by atoms with Crippen molar-refractivity contribution >= 4 is 5.91 Å². The van der Waals surface area contributed by atoms with Crippen LogP contribution in [0.15, 0.2) is 30.3 Å². The highest BCUT2D eigenvalue weighted by Gasteiger charge is 2.29. The van der Waals surface area contributed by atoms with E-state index < -0.39 is 0 Å². The zero-order valence-electron chi connectivity index (χ0n) is 15.3. The summed E-state index contributed by atoms with van der Waals surface area (Å²) in [6, 6.07) is 10.1.